The zero-order chi connectivity index (χ0) is 13.1. The highest BCUT2D eigenvalue weighted by Crippen LogP contribution is 2.21. The van der Waals surface area contributed by atoms with Gasteiger partial charge in [-0.05, 0) is 26.0 Å². The summed E-state index contributed by atoms with van der Waals surface area (Å²) >= 11 is 0. The molecular formula is C13H17N3O2. The fourth-order valence-corrected chi connectivity index (χ4v) is 2.10. The molecule has 0 aliphatic rings. The number of para-hydroxylation sites is 1. The molecule has 0 aliphatic heterocycles. The van der Waals surface area contributed by atoms with E-state index in [0.717, 1.165) is 23.4 Å². The van der Waals surface area contributed by atoms with Crippen LogP contribution in [0.5, 0.6) is 0 Å². The molecule has 0 bridgehead atoms. The van der Waals surface area contributed by atoms with Gasteiger partial charge < -0.3 is 15.0 Å². The monoisotopic (exact) mass is 247 g/mol. The van der Waals surface area contributed by atoms with Crippen LogP contribution in [-0.2, 0) is 17.8 Å². The first-order valence-corrected chi connectivity index (χ1v) is 6.08. The van der Waals surface area contributed by atoms with Crippen molar-refractivity contribution in [3.8, 4) is 0 Å². The van der Waals surface area contributed by atoms with Crippen molar-refractivity contribution in [2.24, 2.45) is 5.73 Å². The van der Waals surface area contributed by atoms with Crippen molar-refractivity contribution in [1.29, 1.82) is 0 Å². The first-order chi connectivity index (χ1) is 8.72. The Morgan fingerprint density at radius 1 is 1.44 bits per heavy atom. The summed E-state index contributed by atoms with van der Waals surface area (Å²) in [5.41, 5.74) is 7.81. The van der Waals surface area contributed by atoms with Crippen molar-refractivity contribution in [1.82, 2.24) is 9.55 Å². The third-order valence-corrected chi connectivity index (χ3v) is 2.84. The van der Waals surface area contributed by atoms with E-state index in [1.54, 1.807) is 13.0 Å². The normalized spacial score (nSPS) is 10.8. The molecule has 0 spiro atoms. The Kier molecular flexibility index (Phi) is 3.62. The maximum Gasteiger partial charge on any atom is 0.340 e. The molecule has 96 valence electrons. The molecule has 5 nitrogen and oxygen atoms in total. The summed E-state index contributed by atoms with van der Waals surface area (Å²) in [5.74, 6) is 0.463. The minimum atomic E-state index is -0.318. The third kappa shape index (κ3) is 1.97. The summed E-state index contributed by atoms with van der Waals surface area (Å²) in [6, 6.07) is 5.44. The van der Waals surface area contributed by atoms with Crippen molar-refractivity contribution < 1.29 is 9.53 Å². The molecule has 5 heteroatoms. The molecule has 0 unspecified atom stereocenters. The van der Waals surface area contributed by atoms with E-state index in [1.807, 2.05) is 23.6 Å². The van der Waals surface area contributed by atoms with Gasteiger partial charge in [-0.2, -0.15) is 0 Å². The van der Waals surface area contributed by atoms with Crippen LogP contribution in [0, 0.1) is 0 Å². The van der Waals surface area contributed by atoms with E-state index < -0.39 is 0 Å². The van der Waals surface area contributed by atoms with E-state index in [9.17, 15) is 4.79 Å². The number of benzene rings is 1. The first kappa shape index (κ1) is 12.6. The number of aromatic nitrogens is 2. The predicted molar refractivity (Wildman–Crippen MR) is 69.3 cm³/mol. The van der Waals surface area contributed by atoms with E-state index in [2.05, 4.69) is 4.98 Å². The van der Waals surface area contributed by atoms with Gasteiger partial charge in [0.1, 0.15) is 5.82 Å². The van der Waals surface area contributed by atoms with Crippen molar-refractivity contribution in [3.63, 3.8) is 0 Å². The van der Waals surface area contributed by atoms with Crippen LogP contribution in [-0.4, -0.2) is 22.1 Å². The van der Waals surface area contributed by atoms with Gasteiger partial charge in [0, 0.05) is 6.54 Å². The molecule has 1 aromatic heterocycles. The molecule has 0 radical (unpaired) electrons. The van der Waals surface area contributed by atoms with Gasteiger partial charge in [0.2, 0.25) is 0 Å². The van der Waals surface area contributed by atoms with Crippen LogP contribution in [0.4, 0.5) is 0 Å². The Balaban J connectivity index is 2.66. The maximum absolute atomic E-state index is 11.9. The van der Waals surface area contributed by atoms with E-state index in [0.29, 0.717) is 18.7 Å². The van der Waals surface area contributed by atoms with Crippen LogP contribution in [0.1, 0.15) is 30.0 Å². The fourth-order valence-electron chi connectivity index (χ4n) is 2.10. The van der Waals surface area contributed by atoms with Crippen LogP contribution in [0.2, 0.25) is 0 Å². The molecule has 18 heavy (non-hydrogen) atoms. The average Bonchev–Trinajstić information content (AvgIpc) is 2.76. The number of hydrogen-bond acceptors (Lipinski definition) is 4. The Labute approximate surface area is 106 Å². The molecule has 2 N–H and O–H groups in total. The number of fused-ring (bicyclic) bond motifs is 1. The summed E-state index contributed by atoms with van der Waals surface area (Å²) in [7, 11) is 0. The number of ether oxygens (including phenoxy) is 1. The summed E-state index contributed by atoms with van der Waals surface area (Å²) in [6.45, 7) is 5.23. The minimum Gasteiger partial charge on any atom is -0.462 e. The standard InChI is InChI=1S/C13H17N3O2/c1-3-16-11(8-14)15-10-7-5-6-9(12(10)16)13(17)18-4-2/h5-7H,3-4,8,14H2,1-2H3. The SMILES string of the molecule is CCOC(=O)c1cccc2nc(CN)n(CC)c12. The molecule has 2 rings (SSSR count). The van der Waals surface area contributed by atoms with Gasteiger partial charge in [0.25, 0.3) is 0 Å². The van der Waals surface area contributed by atoms with Crippen molar-refractivity contribution in [3.05, 3.63) is 29.6 Å². The number of carbonyl (C=O) groups excluding carboxylic acids is 1. The van der Waals surface area contributed by atoms with Crippen LogP contribution < -0.4 is 5.73 Å². The second kappa shape index (κ2) is 5.18. The molecule has 0 saturated carbocycles. The van der Waals surface area contributed by atoms with Gasteiger partial charge in [-0.15, -0.1) is 0 Å². The molecule has 0 atom stereocenters. The van der Waals surface area contributed by atoms with Crippen LogP contribution >= 0.6 is 0 Å². The lowest BCUT2D eigenvalue weighted by Crippen LogP contribution is -2.10. The van der Waals surface area contributed by atoms with Gasteiger partial charge in [-0.3, -0.25) is 0 Å². The number of nitrogens with zero attached hydrogens (tertiary/aromatic N) is 2. The van der Waals surface area contributed by atoms with E-state index in [-0.39, 0.29) is 5.97 Å². The lowest BCUT2D eigenvalue weighted by Gasteiger charge is -2.08. The summed E-state index contributed by atoms with van der Waals surface area (Å²) in [4.78, 5) is 16.4. The molecule has 0 aliphatic carbocycles. The third-order valence-electron chi connectivity index (χ3n) is 2.84. The Hall–Kier alpha value is -1.88. The van der Waals surface area contributed by atoms with E-state index in [1.165, 1.54) is 0 Å². The largest absolute Gasteiger partial charge is 0.462 e. The summed E-state index contributed by atoms with van der Waals surface area (Å²) < 4.78 is 7.03. The number of esters is 1. The van der Waals surface area contributed by atoms with Crippen molar-refractivity contribution in [2.75, 3.05) is 6.61 Å². The smallest absolute Gasteiger partial charge is 0.340 e. The van der Waals surface area contributed by atoms with Gasteiger partial charge in [0.15, 0.2) is 0 Å². The molecule has 0 saturated heterocycles. The number of rotatable bonds is 4. The number of nitrogens with two attached hydrogens (primary N) is 1. The van der Waals surface area contributed by atoms with Crippen LogP contribution in [0.15, 0.2) is 18.2 Å². The average molecular weight is 247 g/mol. The van der Waals surface area contributed by atoms with Gasteiger partial charge in [0.05, 0.1) is 29.7 Å². The number of carbonyl (C=O) groups is 1. The Bertz CT molecular complexity index is 575. The zero-order valence-electron chi connectivity index (χ0n) is 10.6. The molecule has 2 aromatic rings. The lowest BCUT2D eigenvalue weighted by atomic mass is 10.2. The molecule has 0 amide bonds. The predicted octanol–water partition coefficient (Wildman–Crippen LogP) is 1.69. The van der Waals surface area contributed by atoms with E-state index >= 15 is 0 Å². The van der Waals surface area contributed by atoms with Gasteiger partial charge in [-0.1, -0.05) is 6.07 Å². The Morgan fingerprint density at radius 2 is 2.22 bits per heavy atom. The topological polar surface area (TPSA) is 70.1 Å². The van der Waals surface area contributed by atoms with Crippen molar-refractivity contribution in [2.45, 2.75) is 26.9 Å². The second-order valence-electron chi connectivity index (χ2n) is 3.87. The number of imidazole rings is 1. The zero-order valence-corrected chi connectivity index (χ0v) is 10.6. The molecular weight excluding hydrogens is 230 g/mol. The van der Waals surface area contributed by atoms with Gasteiger partial charge in [-0.25, -0.2) is 9.78 Å². The highest BCUT2D eigenvalue weighted by Gasteiger charge is 2.17. The highest BCUT2D eigenvalue weighted by molar-refractivity contribution is 6.02. The van der Waals surface area contributed by atoms with E-state index in [4.69, 9.17) is 10.5 Å². The summed E-state index contributed by atoms with van der Waals surface area (Å²) in [6.07, 6.45) is 0. The van der Waals surface area contributed by atoms with Crippen molar-refractivity contribution >= 4 is 17.0 Å². The molecule has 1 heterocycles. The molecule has 1 aromatic carbocycles. The minimum absolute atomic E-state index is 0.318. The number of hydrogen-bond donors (Lipinski definition) is 1. The Morgan fingerprint density at radius 3 is 2.83 bits per heavy atom. The first-order valence-electron chi connectivity index (χ1n) is 6.08. The van der Waals surface area contributed by atoms with Gasteiger partial charge >= 0.3 is 5.97 Å². The van der Waals surface area contributed by atoms with Crippen LogP contribution in [0.25, 0.3) is 11.0 Å². The summed E-state index contributed by atoms with van der Waals surface area (Å²) in [5, 5.41) is 0. The van der Waals surface area contributed by atoms with Crippen LogP contribution in [0.3, 0.4) is 0 Å². The second-order valence-corrected chi connectivity index (χ2v) is 3.87. The quantitative estimate of drug-likeness (QED) is 0.835. The lowest BCUT2D eigenvalue weighted by molar-refractivity contribution is 0.0528. The number of aryl methyl sites for hydroxylation is 1. The highest BCUT2D eigenvalue weighted by atomic mass is 16.5. The molecule has 0 fully saturated rings. The maximum atomic E-state index is 11.9. The fraction of sp³-hybridized carbons (Fsp3) is 0.385.